The molecule has 158 valence electrons. The van der Waals surface area contributed by atoms with E-state index >= 15 is 0 Å². The third kappa shape index (κ3) is 5.18. The highest BCUT2D eigenvalue weighted by Gasteiger charge is 2.30. The van der Waals surface area contributed by atoms with E-state index in [-0.39, 0.29) is 23.3 Å². The molecule has 0 N–H and O–H groups in total. The van der Waals surface area contributed by atoms with Crippen molar-refractivity contribution >= 4 is 17.3 Å². The standard InChI is InChI=1S/C21H24N4O5/c1-16-21(26)23(13-11-18-4-8-20(9-5-18)25(29)30)15-14-22(16)12-10-17-2-6-19(7-3-17)24(27)28/h2-9,16H,10-15H2,1H3. The first-order valence-electron chi connectivity index (χ1n) is 9.84. The van der Waals surface area contributed by atoms with Gasteiger partial charge in [0.05, 0.1) is 15.9 Å². The van der Waals surface area contributed by atoms with E-state index in [0.29, 0.717) is 26.1 Å². The lowest BCUT2D eigenvalue weighted by molar-refractivity contribution is -0.385. The Morgan fingerprint density at radius 2 is 1.30 bits per heavy atom. The van der Waals surface area contributed by atoms with Gasteiger partial charge in [-0.1, -0.05) is 24.3 Å². The summed E-state index contributed by atoms with van der Waals surface area (Å²) in [7, 11) is 0. The number of carbonyl (C=O) groups is 1. The van der Waals surface area contributed by atoms with E-state index in [0.717, 1.165) is 24.1 Å². The molecule has 2 aromatic rings. The van der Waals surface area contributed by atoms with Gasteiger partial charge in [0.1, 0.15) is 0 Å². The van der Waals surface area contributed by atoms with Crippen molar-refractivity contribution in [2.24, 2.45) is 0 Å². The highest BCUT2D eigenvalue weighted by atomic mass is 16.6. The Kier molecular flexibility index (Phi) is 6.73. The van der Waals surface area contributed by atoms with Crippen molar-refractivity contribution in [3.8, 4) is 0 Å². The second kappa shape index (κ2) is 9.45. The fourth-order valence-corrected chi connectivity index (χ4v) is 3.61. The molecule has 2 aromatic carbocycles. The van der Waals surface area contributed by atoms with Gasteiger partial charge >= 0.3 is 0 Å². The SMILES string of the molecule is CC1C(=O)N(CCc2ccc([N+](=O)[O-])cc2)CCN1CCc1ccc([N+](=O)[O-])cc1. The maximum Gasteiger partial charge on any atom is 0.269 e. The van der Waals surface area contributed by atoms with Crippen molar-refractivity contribution in [2.45, 2.75) is 25.8 Å². The van der Waals surface area contributed by atoms with Gasteiger partial charge in [-0.25, -0.2) is 0 Å². The van der Waals surface area contributed by atoms with Crippen LogP contribution in [0, 0.1) is 20.2 Å². The van der Waals surface area contributed by atoms with Crippen LogP contribution < -0.4 is 0 Å². The number of carbonyl (C=O) groups excluding carboxylic acids is 1. The number of nitro groups is 2. The molecule has 1 aliphatic heterocycles. The molecule has 1 atom stereocenters. The molecular weight excluding hydrogens is 388 g/mol. The van der Waals surface area contributed by atoms with E-state index in [2.05, 4.69) is 4.90 Å². The zero-order valence-electron chi connectivity index (χ0n) is 16.8. The average molecular weight is 412 g/mol. The Balaban J connectivity index is 1.49. The lowest BCUT2D eigenvalue weighted by atomic mass is 10.1. The van der Waals surface area contributed by atoms with Gasteiger partial charge in [0.25, 0.3) is 11.4 Å². The van der Waals surface area contributed by atoms with E-state index in [1.165, 1.54) is 24.3 Å². The Morgan fingerprint density at radius 3 is 1.77 bits per heavy atom. The van der Waals surface area contributed by atoms with E-state index in [1.807, 2.05) is 11.8 Å². The maximum atomic E-state index is 12.8. The number of piperazine rings is 1. The van der Waals surface area contributed by atoms with Crippen molar-refractivity contribution < 1.29 is 14.6 Å². The molecule has 0 spiro atoms. The number of non-ortho nitro benzene ring substituents is 2. The first kappa shape index (κ1) is 21.4. The van der Waals surface area contributed by atoms with Crippen LogP contribution in [0.15, 0.2) is 48.5 Å². The molecule has 1 unspecified atom stereocenters. The molecule has 1 aliphatic rings. The van der Waals surface area contributed by atoms with Gasteiger partial charge in [0, 0.05) is 50.4 Å². The highest BCUT2D eigenvalue weighted by molar-refractivity contribution is 5.82. The molecule has 0 aliphatic carbocycles. The Bertz CT molecular complexity index is 914. The number of amides is 1. The Hall–Kier alpha value is -3.33. The van der Waals surface area contributed by atoms with E-state index in [1.54, 1.807) is 24.3 Å². The van der Waals surface area contributed by atoms with Crippen LogP contribution in [0.1, 0.15) is 18.1 Å². The molecule has 1 heterocycles. The van der Waals surface area contributed by atoms with Gasteiger partial charge in [0.15, 0.2) is 0 Å². The van der Waals surface area contributed by atoms with E-state index in [4.69, 9.17) is 0 Å². The van der Waals surface area contributed by atoms with Crippen molar-refractivity contribution in [2.75, 3.05) is 26.2 Å². The number of hydrogen-bond acceptors (Lipinski definition) is 6. The molecule has 1 saturated heterocycles. The van der Waals surface area contributed by atoms with Gasteiger partial charge in [0.2, 0.25) is 5.91 Å². The lowest BCUT2D eigenvalue weighted by Gasteiger charge is -2.39. The zero-order chi connectivity index (χ0) is 21.7. The van der Waals surface area contributed by atoms with E-state index < -0.39 is 9.85 Å². The predicted octanol–water partition coefficient (Wildman–Crippen LogP) is 2.82. The topological polar surface area (TPSA) is 110 Å². The van der Waals surface area contributed by atoms with Gasteiger partial charge in [-0.15, -0.1) is 0 Å². The van der Waals surface area contributed by atoms with Crippen molar-refractivity contribution in [1.82, 2.24) is 9.80 Å². The molecular formula is C21H24N4O5. The largest absolute Gasteiger partial charge is 0.340 e. The van der Waals surface area contributed by atoms with Gasteiger partial charge in [-0.2, -0.15) is 0 Å². The molecule has 0 aromatic heterocycles. The number of benzene rings is 2. The Morgan fingerprint density at radius 1 is 0.833 bits per heavy atom. The van der Waals surface area contributed by atoms with Crippen molar-refractivity contribution in [1.29, 1.82) is 0 Å². The molecule has 1 fully saturated rings. The summed E-state index contributed by atoms with van der Waals surface area (Å²) in [6.07, 6.45) is 1.37. The van der Waals surface area contributed by atoms with Crippen molar-refractivity contribution in [3.05, 3.63) is 79.9 Å². The summed E-state index contributed by atoms with van der Waals surface area (Å²) >= 11 is 0. The van der Waals surface area contributed by atoms with Gasteiger partial charge in [-0.05, 0) is 30.9 Å². The van der Waals surface area contributed by atoms with Crippen LogP contribution >= 0.6 is 0 Å². The van der Waals surface area contributed by atoms with Crippen LogP contribution in [-0.4, -0.2) is 57.8 Å². The summed E-state index contributed by atoms with van der Waals surface area (Å²) in [4.78, 5) is 37.4. The van der Waals surface area contributed by atoms with Crippen LogP contribution in [-0.2, 0) is 17.6 Å². The lowest BCUT2D eigenvalue weighted by Crippen LogP contribution is -2.56. The van der Waals surface area contributed by atoms with Crippen LogP contribution in [0.5, 0.6) is 0 Å². The fourth-order valence-electron chi connectivity index (χ4n) is 3.61. The summed E-state index contributed by atoms with van der Waals surface area (Å²) < 4.78 is 0. The third-order valence-corrected chi connectivity index (χ3v) is 5.53. The minimum atomic E-state index is -0.426. The highest BCUT2D eigenvalue weighted by Crippen LogP contribution is 2.17. The molecule has 0 saturated carbocycles. The predicted molar refractivity (Wildman–Crippen MR) is 111 cm³/mol. The monoisotopic (exact) mass is 412 g/mol. The fraction of sp³-hybridized carbons (Fsp3) is 0.381. The average Bonchev–Trinajstić information content (AvgIpc) is 2.74. The van der Waals surface area contributed by atoms with Crippen molar-refractivity contribution in [3.63, 3.8) is 0 Å². The number of rotatable bonds is 8. The van der Waals surface area contributed by atoms with Gasteiger partial charge in [-0.3, -0.25) is 29.9 Å². The van der Waals surface area contributed by atoms with E-state index in [9.17, 15) is 25.0 Å². The third-order valence-electron chi connectivity index (χ3n) is 5.53. The van der Waals surface area contributed by atoms with Crippen LogP contribution in [0.3, 0.4) is 0 Å². The zero-order valence-corrected chi connectivity index (χ0v) is 16.8. The first-order valence-corrected chi connectivity index (χ1v) is 9.84. The summed E-state index contributed by atoms with van der Waals surface area (Å²) in [6.45, 7) is 4.59. The second-order valence-electron chi connectivity index (χ2n) is 7.38. The summed E-state index contributed by atoms with van der Waals surface area (Å²) in [5.74, 6) is 0.0758. The van der Waals surface area contributed by atoms with Crippen LogP contribution in [0.4, 0.5) is 11.4 Å². The molecule has 1 amide bonds. The summed E-state index contributed by atoms with van der Waals surface area (Å²) in [6, 6.07) is 12.7. The smallest absolute Gasteiger partial charge is 0.269 e. The molecule has 0 radical (unpaired) electrons. The quantitative estimate of drug-likeness (QED) is 0.487. The first-order chi connectivity index (χ1) is 14.3. The number of nitro benzene ring substituents is 2. The molecule has 3 rings (SSSR count). The molecule has 0 bridgehead atoms. The molecule has 30 heavy (non-hydrogen) atoms. The minimum Gasteiger partial charge on any atom is -0.340 e. The van der Waals surface area contributed by atoms with Gasteiger partial charge < -0.3 is 4.90 Å². The normalized spacial score (nSPS) is 17.2. The Labute approximate surface area is 174 Å². The molecule has 9 heteroatoms. The minimum absolute atomic E-state index is 0.0603. The summed E-state index contributed by atoms with van der Waals surface area (Å²) in [5.41, 5.74) is 2.09. The van der Waals surface area contributed by atoms with Crippen LogP contribution in [0.25, 0.3) is 0 Å². The second-order valence-corrected chi connectivity index (χ2v) is 7.38. The summed E-state index contributed by atoms with van der Waals surface area (Å²) in [5, 5.41) is 21.5. The van der Waals surface area contributed by atoms with Crippen LogP contribution in [0.2, 0.25) is 0 Å². The number of hydrogen-bond donors (Lipinski definition) is 0. The number of nitrogens with zero attached hydrogens (tertiary/aromatic N) is 4. The maximum absolute atomic E-state index is 12.8. The molecule has 9 nitrogen and oxygen atoms in total.